The average Bonchev–Trinajstić information content (AvgIpc) is 2.55. The van der Waals surface area contributed by atoms with Crippen LogP contribution < -0.4 is 5.32 Å². The Hall–Kier alpha value is -1.60. The smallest absolute Gasteiger partial charge is 0.408 e. The van der Waals surface area contributed by atoms with E-state index in [0.717, 1.165) is 11.1 Å². The highest BCUT2D eigenvalue weighted by Crippen LogP contribution is 2.18. The highest BCUT2D eigenvalue weighted by molar-refractivity contribution is 14.1. The fourth-order valence-electron chi connectivity index (χ4n) is 2.36. The van der Waals surface area contributed by atoms with E-state index < -0.39 is 9.70 Å². The maximum absolute atomic E-state index is 12.1. The van der Waals surface area contributed by atoms with Crippen molar-refractivity contribution >= 4 is 28.7 Å². The summed E-state index contributed by atoms with van der Waals surface area (Å²) < 4.78 is 10.6. The first kappa shape index (κ1) is 19.7. The van der Waals surface area contributed by atoms with Crippen LogP contribution in [0.1, 0.15) is 25.0 Å². The third-order valence-corrected chi connectivity index (χ3v) is 3.63. The number of ether oxygens (including phenoxy) is 2. The van der Waals surface area contributed by atoms with Crippen LogP contribution in [0.15, 0.2) is 60.7 Å². The fraction of sp³-hybridized carbons (Fsp3) is 0.350. The van der Waals surface area contributed by atoms with Crippen molar-refractivity contribution in [2.75, 3.05) is 6.61 Å². The predicted molar refractivity (Wildman–Crippen MR) is 108 cm³/mol. The van der Waals surface area contributed by atoms with Gasteiger partial charge in [0.1, 0.15) is 0 Å². The molecule has 0 fully saturated rings. The van der Waals surface area contributed by atoms with Crippen LogP contribution in [0.5, 0.6) is 0 Å². The second kappa shape index (κ2) is 9.77. The molecule has 2 aromatic carbocycles. The van der Waals surface area contributed by atoms with Gasteiger partial charge < -0.3 is 14.8 Å². The standard InChI is InChI=1S/C20H24INO3/c1-20(2,21)25-19(23)22-18(13-16-9-5-3-6-10-16)15-24-14-17-11-7-4-8-12-17/h3-12,18H,13-15H2,1-2H3,(H,22,23)/t18-/m0/s1. The molecule has 4 nitrogen and oxygen atoms in total. The molecule has 1 amide bonds. The molecule has 0 heterocycles. The summed E-state index contributed by atoms with van der Waals surface area (Å²) in [6.45, 7) is 4.61. The van der Waals surface area contributed by atoms with E-state index in [-0.39, 0.29) is 6.04 Å². The van der Waals surface area contributed by atoms with E-state index in [2.05, 4.69) is 27.9 Å². The molecule has 1 atom stereocenters. The van der Waals surface area contributed by atoms with Crippen LogP contribution in [0.25, 0.3) is 0 Å². The summed E-state index contributed by atoms with van der Waals surface area (Å²) in [5, 5.41) is 2.92. The van der Waals surface area contributed by atoms with Gasteiger partial charge in [0.05, 0.1) is 19.3 Å². The molecular formula is C20H24INO3. The summed E-state index contributed by atoms with van der Waals surface area (Å²) in [7, 11) is 0. The van der Waals surface area contributed by atoms with E-state index in [1.54, 1.807) is 0 Å². The van der Waals surface area contributed by atoms with Crippen molar-refractivity contribution in [1.29, 1.82) is 0 Å². The summed E-state index contributed by atoms with van der Waals surface area (Å²) in [4.78, 5) is 12.1. The summed E-state index contributed by atoms with van der Waals surface area (Å²) in [6, 6.07) is 19.9. The lowest BCUT2D eigenvalue weighted by Gasteiger charge is -2.23. The summed E-state index contributed by atoms with van der Waals surface area (Å²) in [6.07, 6.45) is 0.260. The number of halogens is 1. The molecule has 1 N–H and O–H groups in total. The van der Waals surface area contributed by atoms with Gasteiger partial charge in [-0.25, -0.2) is 4.79 Å². The van der Waals surface area contributed by atoms with Gasteiger partial charge in [-0.1, -0.05) is 60.7 Å². The molecule has 0 saturated heterocycles. The zero-order valence-corrected chi connectivity index (χ0v) is 16.7. The Morgan fingerprint density at radius 2 is 1.60 bits per heavy atom. The number of rotatable bonds is 8. The van der Waals surface area contributed by atoms with Gasteiger partial charge >= 0.3 is 6.09 Å². The van der Waals surface area contributed by atoms with Gasteiger partial charge in [-0.3, -0.25) is 0 Å². The molecule has 0 unspecified atom stereocenters. The SMILES string of the molecule is CC(C)(I)OC(=O)N[C@H](COCc1ccccc1)Cc1ccccc1. The Labute approximate surface area is 163 Å². The Morgan fingerprint density at radius 3 is 2.16 bits per heavy atom. The monoisotopic (exact) mass is 453 g/mol. The number of hydrogen-bond acceptors (Lipinski definition) is 3. The topological polar surface area (TPSA) is 47.6 Å². The van der Waals surface area contributed by atoms with Crippen molar-refractivity contribution in [2.45, 2.75) is 36.5 Å². The molecular weight excluding hydrogens is 429 g/mol. The number of nitrogens with one attached hydrogen (secondary N) is 1. The van der Waals surface area contributed by atoms with Crippen LogP contribution in [-0.2, 0) is 22.5 Å². The molecule has 0 bridgehead atoms. The zero-order chi connectivity index (χ0) is 18.1. The zero-order valence-electron chi connectivity index (χ0n) is 14.6. The third-order valence-electron chi connectivity index (χ3n) is 3.41. The van der Waals surface area contributed by atoms with Crippen molar-refractivity contribution in [3.8, 4) is 0 Å². The van der Waals surface area contributed by atoms with Crippen LogP contribution >= 0.6 is 22.6 Å². The van der Waals surface area contributed by atoms with Crippen molar-refractivity contribution < 1.29 is 14.3 Å². The Balaban J connectivity index is 1.92. The molecule has 0 spiro atoms. The number of alkyl carbamates (subject to hydrolysis) is 1. The van der Waals surface area contributed by atoms with E-state index in [1.165, 1.54) is 0 Å². The Bertz CT molecular complexity index is 641. The van der Waals surface area contributed by atoms with Crippen molar-refractivity contribution in [1.82, 2.24) is 5.32 Å². The first-order valence-electron chi connectivity index (χ1n) is 8.26. The molecule has 2 aromatic rings. The van der Waals surface area contributed by atoms with Gasteiger partial charge in [0.2, 0.25) is 0 Å². The number of amides is 1. The third kappa shape index (κ3) is 8.36. The minimum absolute atomic E-state index is 0.155. The van der Waals surface area contributed by atoms with Gasteiger partial charge in [0.15, 0.2) is 3.61 Å². The molecule has 2 rings (SSSR count). The van der Waals surface area contributed by atoms with Crippen LogP contribution in [0.2, 0.25) is 0 Å². The molecule has 5 heteroatoms. The van der Waals surface area contributed by atoms with Crippen molar-refractivity contribution in [3.63, 3.8) is 0 Å². The second-order valence-corrected chi connectivity index (χ2v) is 8.88. The van der Waals surface area contributed by atoms with Crippen LogP contribution in [0, 0.1) is 0 Å². The average molecular weight is 453 g/mol. The van der Waals surface area contributed by atoms with Gasteiger partial charge in [-0.2, -0.15) is 0 Å². The van der Waals surface area contributed by atoms with Gasteiger partial charge in [0, 0.05) is 0 Å². The Morgan fingerprint density at radius 1 is 1.04 bits per heavy atom. The number of hydrogen-bond donors (Lipinski definition) is 1. The van der Waals surface area contributed by atoms with Crippen molar-refractivity contribution in [3.05, 3.63) is 71.8 Å². The van der Waals surface area contributed by atoms with E-state index in [4.69, 9.17) is 9.47 Å². The van der Waals surface area contributed by atoms with E-state index in [9.17, 15) is 4.79 Å². The quantitative estimate of drug-likeness (QED) is 0.465. The van der Waals surface area contributed by atoms with Gasteiger partial charge in [0.25, 0.3) is 0 Å². The lowest BCUT2D eigenvalue weighted by atomic mass is 10.1. The van der Waals surface area contributed by atoms with Crippen LogP contribution in [0.3, 0.4) is 0 Å². The number of alkyl halides is 1. The molecule has 0 saturated carbocycles. The van der Waals surface area contributed by atoms with E-state index in [0.29, 0.717) is 19.6 Å². The number of carbonyl (C=O) groups is 1. The maximum Gasteiger partial charge on any atom is 0.408 e. The summed E-state index contributed by atoms with van der Waals surface area (Å²) in [5.41, 5.74) is 2.25. The number of carbonyl (C=O) groups excluding carboxylic acids is 1. The van der Waals surface area contributed by atoms with Crippen LogP contribution in [-0.4, -0.2) is 22.3 Å². The largest absolute Gasteiger partial charge is 0.433 e. The second-order valence-electron chi connectivity index (χ2n) is 6.28. The molecule has 134 valence electrons. The highest BCUT2D eigenvalue weighted by Gasteiger charge is 2.21. The normalized spacial score (nSPS) is 12.4. The molecule has 0 aliphatic rings. The number of benzene rings is 2. The molecule has 0 aromatic heterocycles. The minimum atomic E-state index is -0.552. The fourth-order valence-corrected chi connectivity index (χ4v) is 2.56. The molecule has 25 heavy (non-hydrogen) atoms. The molecule has 0 aliphatic heterocycles. The van der Waals surface area contributed by atoms with E-state index >= 15 is 0 Å². The first-order chi connectivity index (χ1) is 11.9. The van der Waals surface area contributed by atoms with Gasteiger partial charge in [-0.05, 0) is 54.0 Å². The predicted octanol–water partition coefficient (Wildman–Crippen LogP) is 4.71. The first-order valence-corrected chi connectivity index (χ1v) is 9.34. The lowest BCUT2D eigenvalue weighted by molar-refractivity contribution is 0.0785. The molecule has 0 radical (unpaired) electrons. The molecule has 0 aliphatic carbocycles. The lowest BCUT2D eigenvalue weighted by Crippen LogP contribution is -2.42. The maximum atomic E-state index is 12.1. The van der Waals surface area contributed by atoms with Gasteiger partial charge in [-0.15, -0.1) is 0 Å². The van der Waals surface area contributed by atoms with E-state index in [1.807, 2.05) is 74.5 Å². The van der Waals surface area contributed by atoms with Crippen LogP contribution in [0.4, 0.5) is 4.79 Å². The minimum Gasteiger partial charge on any atom is -0.433 e. The summed E-state index contributed by atoms with van der Waals surface area (Å²) >= 11 is 2.08. The summed E-state index contributed by atoms with van der Waals surface area (Å²) in [5.74, 6) is 0. The Kier molecular flexibility index (Phi) is 7.71. The van der Waals surface area contributed by atoms with Crippen molar-refractivity contribution in [2.24, 2.45) is 0 Å². The highest BCUT2D eigenvalue weighted by atomic mass is 127.